The van der Waals surface area contributed by atoms with Crippen LogP contribution in [0.3, 0.4) is 0 Å². The first-order chi connectivity index (χ1) is 22.8. The van der Waals surface area contributed by atoms with E-state index in [0.717, 1.165) is 30.0 Å². The molecular formula is C34H20F6N2O7. The third-order valence-corrected chi connectivity index (χ3v) is 8.63. The van der Waals surface area contributed by atoms with Gasteiger partial charge >= 0.3 is 12.4 Å². The molecule has 0 saturated heterocycles. The standard InChI is InChI=1S/C34H20F6N2O7/c1-15-11-18(5-9-25(15)43)32(33(35,36)37,34(38,39)40)19-6-10-26(44)24(14-19)42-30(48)21-8-4-17(13-23(21)31(42)49)27(45)16-3-7-20-22(12-16)29(47)41(2)28(20)46/h3-14,43-44H,1-2H3. The van der Waals surface area contributed by atoms with Crippen LogP contribution in [0.5, 0.6) is 11.5 Å². The Balaban J connectivity index is 1.43. The number of imide groups is 2. The zero-order chi connectivity index (χ0) is 36.0. The van der Waals surface area contributed by atoms with Gasteiger partial charge in [-0.3, -0.25) is 28.9 Å². The smallest absolute Gasteiger partial charge is 0.411 e. The van der Waals surface area contributed by atoms with Gasteiger partial charge in [0.15, 0.2) is 5.78 Å². The summed E-state index contributed by atoms with van der Waals surface area (Å²) in [5.74, 6) is -6.00. The third kappa shape index (κ3) is 4.67. The Bertz CT molecular complexity index is 2160. The Kier molecular flexibility index (Phi) is 7.24. The molecule has 0 bridgehead atoms. The van der Waals surface area contributed by atoms with Crippen molar-refractivity contribution in [3.05, 3.63) is 123 Å². The molecule has 0 aliphatic carbocycles. The van der Waals surface area contributed by atoms with Gasteiger partial charge in [-0.05, 0) is 66.1 Å². The Hall–Kier alpha value is -5.99. The zero-order valence-electron chi connectivity index (χ0n) is 25.0. The average Bonchev–Trinajstić information content (AvgIpc) is 3.41. The molecule has 0 saturated carbocycles. The monoisotopic (exact) mass is 682 g/mol. The number of rotatable bonds is 5. The van der Waals surface area contributed by atoms with Crippen molar-refractivity contribution in [2.24, 2.45) is 0 Å². The maximum absolute atomic E-state index is 14.8. The number of amides is 4. The Morgan fingerprint density at radius 1 is 0.592 bits per heavy atom. The highest BCUT2D eigenvalue weighted by atomic mass is 19.4. The molecule has 4 amide bonds. The molecule has 4 aromatic carbocycles. The molecule has 0 atom stereocenters. The predicted octanol–water partition coefficient (Wildman–Crippen LogP) is 6.07. The normalized spacial score (nSPS) is 14.9. The molecule has 2 heterocycles. The van der Waals surface area contributed by atoms with Gasteiger partial charge in [-0.25, -0.2) is 4.90 Å². The van der Waals surface area contributed by atoms with E-state index < -0.39 is 81.1 Å². The summed E-state index contributed by atoms with van der Waals surface area (Å²) < 4.78 is 88.7. The first kappa shape index (κ1) is 32.9. The van der Waals surface area contributed by atoms with Gasteiger partial charge in [-0.1, -0.05) is 30.3 Å². The van der Waals surface area contributed by atoms with Gasteiger partial charge in [-0.2, -0.15) is 26.3 Å². The van der Waals surface area contributed by atoms with E-state index in [1.165, 1.54) is 25.2 Å². The van der Waals surface area contributed by atoms with Crippen LogP contribution in [0.1, 0.15) is 74.0 Å². The largest absolute Gasteiger partial charge is 0.508 e. The van der Waals surface area contributed by atoms with Gasteiger partial charge in [0.25, 0.3) is 23.6 Å². The van der Waals surface area contributed by atoms with E-state index in [0.29, 0.717) is 30.3 Å². The second-order valence-corrected chi connectivity index (χ2v) is 11.4. The highest BCUT2D eigenvalue weighted by Crippen LogP contribution is 2.57. The number of carbonyl (C=O) groups excluding carboxylic acids is 5. The van der Waals surface area contributed by atoms with Gasteiger partial charge in [0.05, 0.1) is 27.9 Å². The van der Waals surface area contributed by atoms with E-state index in [1.54, 1.807) is 0 Å². The number of hydrogen-bond acceptors (Lipinski definition) is 7. The molecule has 49 heavy (non-hydrogen) atoms. The van der Waals surface area contributed by atoms with E-state index >= 15 is 0 Å². The first-order valence-corrected chi connectivity index (χ1v) is 14.1. The summed E-state index contributed by atoms with van der Waals surface area (Å²) in [6, 6.07) is 9.62. The first-order valence-electron chi connectivity index (χ1n) is 14.1. The van der Waals surface area contributed by atoms with Gasteiger partial charge in [0.2, 0.25) is 5.41 Å². The van der Waals surface area contributed by atoms with Crippen molar-refractivity contribution in [3.8, 4) is 11.5 Å². The molecule has 2 N–H and O–H groups in total. The number of hydrogen-bond donors (Lipinski definition) is 2. The van der Waals surface area contributed by atoms with Crippen LogP contribution < -0.4 is 4.90 Å². The van der Waals surface area contributed by atoms with E-state index in [9.17, 15) is 60.5 Å². The van der Waals surface area contributed by atoms with E-state index in [1.807, 2.05) is 0 Å². The molecule has 0 radical (unpaired) electrons. The van der Waals surface area contributed by atoms with Crippen LogP contribution in [0, 0.1) is 6.92 Å². The average molecular weight is 683 g/mol. The lowest BCUT2D eigenvalue weighted by atomic mass is 9.72. The second kappa shape index (κ2) is 10.8. The van der Waals surface area contributed by atoms with Crippen molar-refractivity contribution in [2.45, 2.75) is 24.7 Å². The van der Waals surface area contributed by atoms with E-state index in [2.05, 4.69) is 0 Å². The fourth-order valence-corrected chi connectivity index (χ4v) is 6.08. The van der Waals surface area contributed by atoms with E-state index in [4.69, 9.17) is 0 Å². The van der Waals surface area contributed by atoms with Crippen molar-refractivity contribution in [3.63, 3.8) is 0 Å². The number of carbonyl (C=O) groups is 5. The highest BCUT2D eigenvalue weighted by molar-refractivity contribution is 6.35. The van der Waals surface area contributed by atoms with Gasteiger partial charge in [-0.15, -0.1) is 0 Å². The summed E-state index contributed by atoms with van der Waals surface area (Å²) in [5, 5.41) is 20.4. The van der Waals surface area contributed by atoms with Crippen molar-refractivity contribution in [1.29, 1.82) is 0 Å². The van der Waals surface area contributed by atoms with Crippen molar-refractivity contribution < 1.29 is 60.5 Å². The fraction of sp³-hybridized carbons (Fsp3) is 0.147. The number of anilines is 1. The van der Waals surface area contributed by atoms with Crippen LogP contribution in [-0.2, 0) is 5.41 Å². The molecule has 4 aromatic rings. The second-order valence-electron chi connectivity index (χ2n) is 11.4. The minimum atomic E-state index is -6.06. The third-order valence-electron chi connectivity index (χ3n) is 8.63. The van der Waals surface area contributed by atoms with Gasteiger partial charge in [0.1, 0.15) is 11.5 Å². The van der Waals surface area contributed by atoms with Gasteiger partial charge < -0.3 is 10.2 Å². The van der Waals surface area contributed by atoms with Crippen molar-refractivity contribution in [1.82, 2.24) is 4.90 Å². The van der Waals surface area contributed by atoms with E-state index in [-0.39, 0.29) is 44.3 Å². The number of fused-ring (bicyclic) bond motifs is 2. The van der Waals surface area contributed by atoms with Crippen LogP contribution in [-0.4, -0.2) is 63.9 Å². The van der Waals surface area contributed by atoms with Crippen molar-refractivity contribution in [2.75, 3.05) is 11.9 Å². The Morgan fingerprint density at radius 2 is 1.04 bits per heavy atom. The summed E-state index contributed by atoms with van der Waals surface area (Å²) in [5.41, 5.74) is -9.87. The lowest BCUT2D eigenvalue weighted by Gasteiger charge is -2.39. The molecular weight excluding hydrogens is 662 g/mol. The van der Waals surface area contributed by atoms with Crippen molar-refractivity contribution >= 4 is 35.1 Å². The summed E-state index contributed by atoms with van der Waals surface area (Å²) in [7, 11) is 1.26. The zero-order valence-corrected chi connectivity index (χ0v) is 25.0. The molecule has 6 rings (SSSR count). The fourth-order valence-electron chi connectivity index (χ4n) is 6.08. The Labute approximate surface area is 271 Å². The predicted molar refractivity (Wildman–Crippen MR) is 158 cm³/mol. The minimum absolute atomic E-state index is 0.0384. The molecule has 9 nitrogen and oxygen atoms in total. The SMILES string of the molecule is Cc1cc(C(c2ccc(O)c(N3C(=O)c4ccc(C(=O)c5ccc6c(c5)C(=O)N(C)C6=O)cc4C3=O)c2)(C(F)(F)F)C(F)(F)F)ccc1O. The molecule has 15 heteroatoms. The number of benzene rings is 4. The number of phenols is 2. The highest BCUT2D eigenvalue weighted by Gasteiger charge is 2.72. The Morgan fingerprint density at radius 3 is 1.57 bits per heavy atom. The number of phenolic OH excluding ortho intramolecular Hbond substituents is 2. The lowest BCUT2D eigenvalue weighted by molar-refractivity contribution is -0.288. The molecule has 0 fully saturated rings. The topological polar surface area (TPSA) is 132 Å². The number of alkyl halides is 6. The molecule has 0 unspecified atom stereocenters. The van der Waals surface area contributed by atoms with Gasteiger partial charge in [0, 0.05) is 18.2 Å². The molecule has 2 aliphatic rings. The quantitative estimate of drug-likeness (QED) is 0.148. The van der Waals surface area contributed by atoms with Crippen LogP contribution in [0.15, 0.2) is 72.8 Å². The number of halogens is 6. The molecule has 2 aliphatic heterocycles. The van der Waals surface area contributed by atoms with Crippen LogP contribution in [0.25, 0.3) is 0 Å². The summed E-state index contributed by atoms with van der Waals surface area (Å²) in [6.45, 7) is 1.10. The molecule has 250 valence electrons. The minimum Gasteiger partial charge on any atom is -0.508 e. The van der Waals surface area contributed by atoms with Crippen LogP contribution in [0.4, 0.5) is 32.0 Å². The molecule has 0 aromatic heterocycles. The lowest BCUT2D eigenvalue weighted by Crippen LogP contribution is -2.54. The summed E-state index contributed by atoms with van der Waals surface area (Å²) in [6.07, 6.45) is -12.1. The number of ketones is 1. The van der Waals surface area contributed by atoms with Crippen LogP contribution >= 0.6 is 0 Å². The maximum Gasteiger partial charge on any atom is 0.411 e. The summed E-state index contributed by atoms with van der Waals surface area (Å²) >= 11 is 0. The van der Waals surface area contributed by atoms with Crippen LogP contribution in [0.2, 0.25) is 0 Å². The maximum atomic E-state index is 14.8. The molecule has 0 spiro atoms. The summed E-state index contributed by atoms with van der Waals surface area (Å²) in [4.78, 5) is 66.0. The number of nitrogens with zero attached hydrogens (tertiary/aromatic N) is 2. The number of aryl methyl sites for hydroxylation is 1. The number of aromatic hydroxyl groups is 2.